The third kappa shape index (κ3) is 2.35. The van der Waals surface area contributed by atoms with Crippen LogP contribution in [0.15, 0.2) is 24.5 Å². The molecule has 5 nitrogen and oxygen atoms in total. The molecule has 1 fully saturated rings. The molecule has 1 spiro atoms. The van der Waals surface area contributed by atoms with Gasteiger partial charge in [0.15, 0.2) is 0 Å². The molecule has 126 valence electrons. The largest absolute Gasteiger partial charge is 0.383 e. The number of nitrogen functional groups attached to an aromatic ring is 1. The molecule has 1 aromatic heterocycles. The Balaban J connectivity index is 1.85. The highest BCUT2D eigenvalue weighted by Crippen LogP contribution is 2.53. The van der Waals surface area contributed by atoms with Crippen molar-refractivity contribution in [3.8, 4) is 11.3 Å². The summed E-state index contributed by atoms with van der Waals surface area (Å²) in [6, 6.07) is 6.40. The lowest BCUT2D eigenvalue weighted by atomic mass is 9.68. The van der Waals surface area contributed by atoms with Gasteiger partial charge in [0.25, 0.3) is 0 Å². The van der Waals surface area contributed by atoms with Crippen molar-refractivity contribution in [2.75, 3.05) is 31.3 Å². The number of nitrogens with zero attached hydrogens (tertiary/aromatic N) is 2. The minimum Gasteiger partial charge on any atom is -0.383 e. The first-order valence-corrected chi connectivity index (χ1v) is 8.71. The van der Waals surface area contributed by atoms with E-state index in [0.29, 0.717) is 12.4 Å². The molecular formula is C19H24N4O. The van der Waals surface area contributed by atoms with Crippen LogP contribution in [0.1, 0.15) is 36.8 Å². The van der Waals surface area contributed by atoms with E-state index in [1.165, 1.54) is 48.1 Å². The first-order chi connectivity index (χ1) is 11.7. The van der Waals surface area contributed by atoms with Crippen LogP contribution in [0.3, 0.4) is 0 Å². The van der Waals surface area contributed by atoms with Crippen molar-refractivity contribution in [2.45, 2.75) is 37.5 Å². The molecule has 0 aliphatic heterocycles. The van der Waals surface area contributed by atoms with E-state index in [1.807, 2.05) is 0 Å². The van der Waals surface area contributed by atoms with Crippen molar-refractivity contribution in [2.24, 2.45) is 0 Å². The van der Waals surface area contributed by atoms with Crippen LogP contribution in [0.4, 0.5) is 11.5 Å². The average molecular weight is 324 g/mol. The summed E-state index contributed by atoms with van der Waals surface area (Å²) in [5, 5.41) is 3.53. The van der Waals surface area contributed by atoms with Gasteiger partial charge in [-0.15, -0.1) is 0 Å². The summed E-state index contributed by atoms with van der Waals surface area (Å²) < 4.78 is 5.17. The lowest BCUT2D eigenvalue weighted by Crippen LogP contribution is -2.32. The molecule has 24 heavy (non-hydrogen) atoms. The monoisotopic (exact) mass is 324 g/mol. The number of hydrogen-bond donors (Lipinski definition) is 2. The Morgan fingerprint density at radius 1 is 1.25 bits per heavy atom. The fourth-order valence-corrected chi connectivity index (χ4v) is 4.48. The van der Waals surface area contributed by atoms with Crippen LogP contribution in [-0.2, 0) is 16.6 Å². The lowest BCUT2D eigenvalue weighted by Gasteiger charge is -2.37. The molecule has 2 aliphatic rings. The second-order valence-corrected chi connectivity index (χ2v) is 6.90. The Morgan fingerprint density at radius 3 is 2.88 bits per heavy atom. The molecule has 1 heterocycles. The van der Waals surface area contributed by atoms with Gasteiger partial charge in [-0.25, -0.2) is 9.97 Å². The summed E-state index contributed by atoms with van der Waals surface area (Å²) in [5.74, 6) is 0.658. The average Bonchev–Trinajstić information content (AvgIpc) is 3.04. The molecule has 3 N–H and O–H groups in total. The van der Waals surface area contributed by atoms with Crippen LogP contribution >= 0.6 is 0 Å². The fourth-order valence-electron chi connectivity index (χ4n) is 4.48. The van der Waals surface area contributed by atoms with Crippen molar-refractivity contribution < 1.29 is 4.74 Å². The summed E-state index contributed by atoms with van der Waals surface area (Å²) >= 11 is 0. The Morgan fingerprint density at radius 2 is 2.08 bits per heavy atom. The normalized spacial score (nSPS) is 17.5. The van der Waals surface area contributed by atoms with E-state index in [2.05, 4.69) is 33.5 Å². The van der Waals surface area contributed by atoms with Gasteiger partial charge in [0.2, 0.25) is 0 Å². The van der Waals surface area contributed by atoms with Crippen LogP contribution < -0.4 is 11.1 Å². The van der Waals surface area contributed by atoms with Gasteiger partial charge in [0.05, 0.1) is 12.3 Å². The quantitative estimate of drug-likeness (QED) is 0.845. The van der Waals surface area contributed by atoms with Crippen molar-refractivity contribution in [3.63, 3.8) is 0 Å². The topological polar surface area (TPSA) is 73.1 Å². The van der Waals surface area contributed by atoms with Crippen LogP contribution in [0.25, 0.3) is 11.3 Å². The van der Waals surface area contributed by atoms with Gasteiger partial charge in [-0.05, 0) is 30.9 Å². The predicted molar refractivity (Wildman–Crippen MR) is 96.1 cm³/mol. The number of hydrogen-bond acceptors (Lipinski definition) is 5. The Hall–Kier alpha value is -2.14. The SMILES string of the molecule is COCCNc1cccc2c1CC1(CCCC1)c1c(N)ncnc1-2. The molecule has 2 aliphatic carbocycles. The van der Waals surface area contributed by atoms with Gasteiger partial charge < -0.3 is 15.8 Å². The summed E-state index contributed by atoms with van der Waals surface area (Å²) in [7, 11) is 1.73. The molecule has 0 unspecified atom stereocenters. The maximum Gasteiger partial charge on any atom is 0.131 e. The van der Waals surface area contributed by atoms with E-state index in [-0.39, 0.29) is 5.41 Å². The van der Waals surface area contributed by atoms with E-state index in [1.54, 1.807) is 13.4 Å². The summed E-state index contributed by atoms with van der Waals surface area (Å²) in [6.45, 7) is 1.50. The van der Waals surface area contributed by atoms with Gasteiger partial charge in [0.1, 0.15) is 12.1 Å². The molecule has 1 saturated carbocycles. The predicted octanol–water partition coefficient (Wildman–Crippen LogP) is 3.15. The maximum absolute atomic E-state index is 6.31. The number of methoxy groups -OCH3 is 1. The Kier molecular flexibility index (Phi) is 3.88. The van der Waals surface area contributed by atoms with Crippen LogP contribution in [0.2, 0.25) is 0 Å². The second kappa shape index (κ2) is 6.06. The molecule has 0 bridgehead atoms. The number of benzene rings is 1. The number of nitrogens with one attached hydrogen (secondary N) is 1. The highest BCUT2D eigenvalue weighted by atomic mass is 16.5. The third-order valence-corrected chi connectivity index (χ3v) is 5.54. The van der Waals surface area contributed by atoms with E-state index in [4.69, 9.17) is 10.5 Å². The lowest BCUT2D eigenvalue weighted by molar-refractivity contribution is 0.210. The zero-order valence-electron chi connectivity index (χ0n) is 14.1. The summed E-state index contributed by atoms with van der Waals surface area (Å²) in [6.07, 6.45) is 7.46. The van der Waals surface area contributed by atoms with Gasteiger partial charge >= 0.3 is 0 Å². The first-order valence-electron chi connectivity index (χ1n) is 8.71. The van der Waals surface area contributed by atoms with Gasteiger partial charge in [-0.1, -0.05) is 25.0 Å². The number of ether oxygens (including phenoxy) is 1. The molecule has 0 atom stereocenters. The highest BCUT2D eigenvalue weighted by molar-refractivity contribution is 5.80. The van der Waals surface area contributed by atoms with Crippen molar-refractivity contribution in [1.82, 2.24) is 9.97 Å². The number of anilines is 2. The third-order valence-electron chi connectivity index (χ3n) is 5.54. The highest BCUT2D eigenvalue weighted by Gasteiger charge is 2.44. The van der Waals surface area contributed by atoms with E-state index < -0.39 is 0 Å². The number of nitrogens with two attached hydrogens (primary N) is 1. The second-order valence-electron chi connectivity index (χ2n) is 6.90. The van der Waals surface area contributed by atoms with E-state index >= 15 is 0 Å². The van der Waals surface area contributed by atoms with Crippen molar-refractivity contribution in [1.29, 1.82) is 0 Å². The standard InChI is InChI=1S/C19H24N4O/c1-24-10-9-21-15-6-4-5-13-14(15)11-19(7-2-3-8-19)16-17(13)22-12-23-18(16)20/h4-6,12,21H,2-3,7-11H2,1H3,(H2,20,22,23). The minimum atomic E-state index is 0.104. The summed E-state index contributed by atoms with van der Waals surface area (Å²) in [4.78, 5) is 8.94. The molecule has 0 amide bonds. The van der Waals surface area contributed by atoms with E-state index in [0.717, 1.165) is 18.7 Å². The molecule has 2 aromatic rings. The minimum absolute atomic E-state index is 0.104. The molecule has 1 aromatic carbocycles. The van der Waals surface area contributed by atoms with Gasteiger partial charge in [-0.2, -0.15) is 0 Å². The molecule has 5 heteroatoms. The first kappa shape index (κ1) is 15.4. The van der Waals surface area contributed by atoms with Crippen molar-refractivity contribution in [3.05, 3.63) is 35.7 Å². The van der Waals surface area contributed by atoms with Crippen LogP contribution in [0, 0.1) is 0 Å². The Labute approximate surface area is 142 Å². The molecular weight excluding hydrogens is 300 g/mol. The van der Waals surface area contributed by atoms with Crippen LogP contribution in [-0.4, -0.2) is 30.2 Å². The Bertz CT molecular complexity index is 753. The number of rotatable bonds is 4. The molecule has 0 saturated heterocycles. The van der Waals surface area contributed by atoms with E-state index in [9.17, 15) is 0 Å². The smallest absolute Gasteiger partial charge is 0.131 e. The molecule has 4 rings (SSSR count). The van der Waals surface area contributed by atoms with Crippen molar-refractivity contribution >= 4 is 11.5 Å². The van der Waals surface area contributed by atoms with Gasteiger partial charge in [0, 0.05) is 35.9 Å². The number of fused-ring (bicyclic) bond motifs is 4. The number of aromatic nitrogens is 2. The van der Waals surface area contributed by atoms with Crippen LogP contribution in [0.5, 0.6) is 0 Å². The maximum atomic E-state index is 6.31. The summed E-state index contributed by atoms with van der Waals surface area (Å²) in [5.41, 5.74) is 12.4. The molecule has 0 radical (unpaired) electrons. The zero-order chi connectivity index (χ0) is 16.6. The fraction of sp³-hybridized carbons (Fsp3) is 0.474. The zero-order valence-corrected chi connectivity index (χ0v) is 14.1. The van der Waals surface area contributed by atoms with Gasteiger partial charge in [-0.3, -0.25) is 0 Å².